The number of aryl methyl sites for hydroxylation is 2. The van der Waals surface area contributed by atoms with Crippen LogP contribution in [0.2, 0.25) is 0 Å². The molecule has 8 nitrogen and oxygen atoms in total. The van der Waals surface area contributed by atoms with Gasteiger partial charge in [-0.3, -0.25) is 19.2 Å². The number of ether oxygens (including phenoxy) is 1. The van der Waals surface area contributed by atoms with Crippen LogP contribution >= 0.6 is 0 Å². The SMILES string of the molecule is CC(=O)Nc1cccc(NC(=O)COC(=O)CNC(=O)c2ccc(C)c(C)c2)c1. The summed E-state index contributed by atoms with van der Waals surface area (Å²) in [6.45, 7) is 4.36. The Morgan fingerprint density at radius 1 is 0.897 bits per heavy atom. The van der Waals surface area contributed by atoms with Crippen LogP contribution < -0.4 is 16.0 Å². The van der Waals surface area contributed by atoms with Gasteiger partial charge in [-0.25, -0.2) is 0 Å². The van der Waals surface area contributed by atoms with Crippen molar-refractivity contribution in [1.82, 2.24) is 5.32 Å². The van der Waals surface area contributed by atoms with Crippen molar-refractivity contribution < 1.29 is 23.9 Å². The fourth-order valence-corrected chi connectivity index (χ4v) is 2.41. The van der Waals surface area contributed by atoms with E-state index in [1.807, 2.05) is 19.9 Å². The molecule has 0 heterocycles. The van der Waals surface area contributed by atoms with Crippen LogP contribution in [0.4, 0.5) is 11.4 Å². The third-order valence-corrected chi connectivity index (χ3v) is 3.99. The first kappa shape index (κ1) is 21.6. The zero-order valence-corrected chi connectivity index (χ0v) is 16.5. The lowest BCUT2D eigenvalue weighted by Gasteiger charge is -2.09. The highest BCUT2D eigenvalue weighted by atomic mass is 16.5. The number of carbonyl (C=O) groups is 4. The van der Waals surface area contributed by atoms with Gasteiger partial charge in [-0.15, -0.1) is 0 Å². The molecule has 0 spiro atoms. The lowest BCUT2D eigenvalue weighted by molar-refractivity contribution is -0.146. The molecule has 0 radical (unpaired) electrons. The lowest BCUT2D eigenvalue weighted by Crippen LogP contribution is -2.32. The summed E-state index contributed by atoms with van der Waals surface area (Å²) in [6, 6.07) is 11.8. The van der Waals surface area contributed by atoms with E-state index in [0.717, 1.165) is 11.1 Å². The molecule has 0 aliphatic rings. The first-order chi connectivity index (χ1) is 13.7. The predicted molar refractivity (Wildman–Crippen MR) is 109 cm³/mol. The molecule has 3 amide bonds. The minimum absolute atomic E-state index is 0.231. The summed E-state index contributed by atoms with van der Waals surface area (Å²) in [5.74, 6) is -1.90. The molecule has 0 saturated carbocycles. The first-order valence-electron chi connectivity index (χ1n) is 8.93. The fourth-order valence-electron chi connectivity index (χ4n) is 2.41. The van der Waals surface area contributed by atoms with E-state index in [4.69, 9.17) is 4.74 Å². The van der Waals surface area contributed by atoms with Gasteiger partial charge in [0.25, 0.3) is 11.8 Å². The minimum atomic E-state index is -0.732. The number of anilines is 2. The molecule has 0 atom stereocenters. The number of nitrogens with one attached hydrogen (secondary N) is 3. The second-order valence-electron chi connectivity index (χ2n) is 6.45. The number of carbonyl (C=O) groups excluding carboxylic acids is 4. The quantitative estimate of drug-likeness (QED) is 0.620. The van der Waals surface area contributed by atoms with Crippen LogP contribution in [0.1, 0.15) is 28.4 Å². The second kappa shape index (κ2) is 10.0. The monoisotopic (exact) mass is 397 g/mol. The Hall–Kier alpha value is -3.68. The Labute approximate surface area is 168 Å². The van der Waals surface area contributed by atoms with Gasteiger partial charge in [0.15, 0.2) is 6.61 Å². The molecule has 0 unspecified atom stereocenters. The van der Waals surface area contributed by atoms with Crippen molar-refractivity contribution in [3.63, 3.8) is 0 Å². The second-order valence-corrected chi connectivity index (χ2v) is 6.45. The summed E-state index contributed by atoms with van der Waals surface area (Å²) in [5.41, 5.74) is 3.45. The standard InChI is InChI=1S/C21H23N3O5/c1-13-7-8-16(9-14(13)2)21(28)22-11-20(27)29-12-19(26)24-18-6-4-5-17(10-18)23-15(3)25/h4-10H,11-12H2,1-3H3,(H,22,28)(H,23,25)(H,24,26). The Balaban J connectivity index is 1.77. The topological polar surface area (TPSA) is 114 Å². The Kier molecular flexibility index (Phi) is 7.47. The summed E-state index contributed by atoms with van der Waals surface area (Å²) in [7, 11) is 0. The van der Waals surface area contributed by atoms with Gasteiger partial charge in [0.05, 0.1) is 0 Å². The average Bonchev–Trinajstić information content (AvgIpc) is 2.66. The number of hydrogen-bond acceptors (Lipinski definition) is 5. The van der Waals surface area contributed by atoms with Crippen molar-refractivity contribution in [2.45, 2.75) is 20.8 Å². The van der Waals surface area contributed by atoms with Crippen molar-refractivity contribution in [2.24, 2.45) is 0 Å². The van der Waals surface area contributed by atoms with Crippen molar-refractivity contribution in [2.75, 3.05) is 23.8 Å². The van der Waals surface area contributed by atoms with Crippen molar-refractivity contribution in [1.29, 1.82) is 0 Å². The number of hydrogen-bond donors (Lipinski definition) is 3. The van der Waals surface area contributed by atoms with E-state index in [9.17, 15) is 19.2 Å². The van der Waals surface area contributed by atoms with Gasteiger partial charge in [0.2, 0.25) is 5.91 Å². The average molecular weight is 397 g/mol. The maximum Gasteiger partial charge on any atom is 0.325 e. The lowest BCUT2D eigenvalue weighted by atomic mass is 10.1. The zero-order chi connectivity index (χ0) is 21.4. The van der Waals surface area contributed by atoms with Crippen LogP contribution in [0.25, 0.3) is 0 Å². The molecule has 8 heteroatoms. The van der Waals surface area contributed by atoms with Gasteiger partial charge in [0.1, 0.15) is 6.54 Å². The number of amides is 3. The van der Waals surface area contributed by atoms with Crippen LogP contribution in [-0.2, 0) is 19.1 Å². The Bertz CT molecular complexity index is 940. The van der Waals surface area contributed by atoms with Crippen LogP contribution in [0.3, 0.4) is 0 Å². The Morgan fingerprint density at radius 2 is 1.59 bits per heavy atom. The van der Waals surface area contributed by atoms with E-state index in [0.29, 0.717) is 16.9 Å². The van der Waals surface area contributed by atoms with Gasteiger partial charge in [-0.2, -0.15) is 0 Å². The highest BCUT2D eigenvalue weighted by molar-refractivity contribution is 5.97. The molecular formula is C21H23N3O5. The van der Waals surface area contributed by atoms with Crippen molar-refractivity contribution >= 4 is 35.1 Å². The van der Waals surface area contributed by atoms with E-state index < -0.39 is 24.4 Å². The number of rotatable bonds is 7. The molecule has 3 N–H and O–H groups in total. The molecule has 2 aromatic rings. The largest absolute Gasteiger partial charge is 0.454 e. The molecule has 2 aromatic carbocycles. The van der Waals surface area contributed by atoms with E-state index in [1.165, 1.54) is 6.92 Å². The van der Waals surface area contributed by atoms with Crippen molar-refractivity contribution in [3.05, 3.63) is 59.2 Å². The summed E-state index contributed by atoms with van der Waals surface area (Å²) in [5, 5.41) is 7.62. The number of esters is 1. The normalized spacial score (nSPS) is 10.0. The first-order valence-corrected chi connectivity index (χ1v) is 8.93. The van der Waals surface area contributed by atoms with Crippen molar-refractivity contribution in [3.8, 4) is 0 Å². The van der Waals surface area contributed by atoms with Gasteiger partial charge in [-0.05, 0) is 55.3 Å². The van der Waals surface area contributed by atoms with Gasteiger partial charge in [0, 0.05) is 23.9 Å². The molecule has 0 saturated heterocycles. The molecular weight excluding hydrogens is 374 g/mol. The minimum Gasteiger partial charge on any atom is -0.454 e. The van der Waals surface area contributed by atoms with Gasteiger partial charge < -0.3 is 20.7 Å². The van der Waals surface area contributed by atoms with Gasteiger partial charge >= 0.3 is 5.97 Å². The smallest absolute Gasteiger partial charge is 0.325 e. The third-order valence-electron chi connectivity index (χ3n) is 3.99. The predicted octanol–water partition coefficient (Wildman–Crippen LogP) is 2.17. The highest BCUT2D eigenvalue weighted by Gasteiger charge is 2.12. The maximum absolute atomic E-state index is 12.1. The molecule has 0 aromatic heterocycles. The zero-order valence-electron chi connectivity index (χ0n) is 16.5. The van der Waals surface area contributed by atoms with Crippen LogP contribution in [-0.4, -0.2) is 36.8 Å². The third kappa shape index (κ3) is 7.10. The number of benzene rings is 2. The Morgan fingerprint density at radius 3 is 2.24 bits per heavy atom. The summed E-state index contributed by atoms with van der Waals surface area (Å²) < 4.78 is 4.86. The molecule has 2 rings (SSSR count). The summed E-state index contributed by atoms with van der Waals surface area (Å²) in [4.78, 5) is 46.8. The van der Waals surface area contributed by atoms with Crippen LogP contribution in [0.5, 0.6) is 0 Å². The molecule has 29 heavy (non-hydrogen) atoms. The van der Waals surface area contributed by atoms with Crippen LogP contribution in [0, 0.1) is 13.8 Å². The van der Waals surface area contributed by atoms with Crippen LogP contribution in [0.15, 0.2) is 42.5 Å². The fraction of sp³-hybridized carbons (Fsp3) is 0.238. The van der Waals surface area contributed by atoms with Gasteiger partial charge in [-0.1, -0.05) is 12.1 Å². The highest BCUT2D eigenvalue weighted by Crippen LogP contribution is 2.15. The van der Waals surface area contributed by atoms with E-state index in [-0.39, 0.29) is 12.5 Å². The van der Waals surface area contributed by atoms with E-state index >= 15 is 0 Å². The molecule has 0 fully saturated rings. The molecule has 0 aliphatic heterocycles. The van der Waals surface area contributed by atoms with E-state index in [2.05, 4.69) is 16.0 Å². The molecule has 0 bridgehead atoms. The molecule has 152 valence electrons. The summed E-state index contributed by atoms with van der Waals surface area (Å²) in [6.07, 6.45) is 0. The maximum atomic E-state index is 12.1. The van der Waals surface area contributed by atoms with E-state index in [1.54, 1.807) is 36.4 Å². The summed E-state index contributed by atoms with van der Waals surface area (Å²) >= 11 is 0. The molecule has 0 aliphatic carbocycles.